The summed E-state index contributed by atoms with van der Waals surface area (Å²) in [7, 11) is 0. The van der Waals surface area contributed by atoms with Crippen molar-refractivity contribution in [3.05, 3.63) is 56.7 Å². The topological polar surface area (TPSA) is 17.1 Å². The first-order valence-electron chi connectivity index (χ1n) is 5.49. The monoisotopic (exact) mass is 264 g/mol. The van der Waals surface area contributed by atoms with Crippen molar-refractivity contribution >= 4 is 28.7 Å². The van der Waals surface area contributed by atoms with Gasteiger partial charge in [-0.25, -0.2) is 0 Å². The van der Waals surface area contributed by atoms with E-state index in [9.17, 15) is 4.79 Å². The Hall–Kier alpha value is -1.12. The van der Waals surface area contributed by atoms with Crippen LogP contribution in [0.2, 0.25) is 5.02 Å². The van der Waals surface area contributed by atoms with Crippen LogP contribution in [0, 0.1) is 6.92 Å². The normalized spacial score (nSPS) is 10.5. The summed E-state index contributed by atoms with van der Waals surface area (Å²) in [6.07, 6.45) is 1.35. The Balaban J connectivity index is 2.07. The highest BCUT2D eigenvalue weighted by Crippen LogP contribution is 2.21. The molecule has 0 amide bonds. The molecular weight excluding hydrogens is 252 g/mol. The maximum absolute atomic E-state index is 12.1. The van der Waals surface area contributed by atoms with Crippen molar-refractivity contribution in [3.63, 3.8) is 0 Å². The van der Waals surface area contributed by atoms with E-state index < -0.39 is 0 Å². The molecule has 88 valence electrons. The van der Waals surface area contributed by atoms with E-state index in [1.165, 1.54) is 4.88 Å². The minimum absolute atomic E-state index is 0.165. The van der Waals surface area contributed by atoms with Crippen LogP contribution in [-0.2, 0) is 6.42 Å². The third-order valence-electron chi connectivity index (χ3n) is 2.75. The van der Waals surface area contributed by atoms with Crippen LogP contribution in [0.5, 0.6) is 0 Å². The van der Waals surface area contributed by atoms with Gasteiger partial charge in [0.2, 0.25) is 0 Å². The van der Waals surface area contributed by atoms with E-state index in [4.69, 9.17) is 11.6 Å². The molecule has 0 aliphatic rings. The zero-order chi connectivity index (χ0) is 12.3. The van der Waals surface area contributed by atoms with E-state index in [-0.39, 0.29) is 5.78 Å². The van der Waals surface area contributed by atoms with Crippen molar-refractivity contribution in [2.45, 2.75) is 19.8 Å². The van der Waals surface area contributed by atoms with Crippen LogP contribution < -0.4 is 0 Å². The van der Waals surface area contributed by atoms with Gasteiger partial charge in [0.05, 0.1) is 0 Å². The van der Waals surface area contributed by atoms with Crippen molar-refractivity contribution in [1.82, 2.24) is 0 Å². The van der Waals surface area contributed by atoms with Crippen molar-refractivity contribution < 1.29 is 4.79 Å². The number of benzene rings is 1. The smallest absolute Gasteiger partial charge is 0.163 e. The SMILES string of the molecule is Cc1c(Cl)cccc1C(=O)CCc1cccs1. The molecule has 1 nitrogen and oxygen atoms in total. The number of thiophene rings is 1. The highest BCUT2D eigenvalue weighted by Gasteiger charge is 2.11. The molecule has 0 aliphatic carbocycles. The van der Waals surface area contributed by atoms with Crippen molar-refractivity contribution in [2.24, 2.45) is 0 Å². The van der Waals surface area contributed by atoms with Gasteiger partial charge in [-0.05, 0) is 36.4 Å². The van der Waals surface area contributed by atoms with Crippen LogP contribution in [0.4, 0.5) is 0 Å². The molecule has 2 rings (SSSR count). The second-order valence-corrected chi connectivity index (χ2v) is 5.35. The average molecular weight is 265 g/mol. The number of carbonyl (C=O) groups is 1. The highest BCUT2D eigenvalue weighted by molar-refractivity contribution is 7.09. The van der Waals surface area contributed by atoms with Gasteiger partial charge in [0.1, 0.15) is 0 Å². The van der Waals surface area contributed by atoms with E-state index in [0.29, 0.717) is 11.4 Å². The van der Waals surface area contributed by atoms with Crippen LogP contribution in [0.3, 0.4) is 0 Å². The van der Waals surface area contributed by atoms with Crippen LogP contribution in [-0.4, -0.2) is 5.78 Å². The molecule has 0 N–H and O–H groups in total. The molecule has 1 aromatic heterocycles. The Morgan fingerprint density at radius 2 is 2.12 bits per heavy atom. The first kappa shape index (κ1) is 12.3. The second kappa shape index (κ2) is 5.48. The lowest BCUT2D eigenvalue weighted by Crippen LogP contribution is -2.03. The maximum atomic E-state index is 12.1. The van der Waals surface area contributed by atoms with E-state index in [1.54, 1.807) is 11.3 Å². The van der Waals surface area contributed by atoms with Gasteiger partial charge in [0.15, 0.2) is 5.78 Å². The molecule has 0 unspecified atom stereocenters. The molecule has 0 spiro atoms. The summed E-state index contributed by atoms with van der Waals surface area (Å²) in [5.41, 5.74) is 1.62. The predicted molar refractivity (Wildman–Crippen MR) is 73.2 cm³/mol. The summed E-state index contributed by atoms with van der Waals surface area (Å²) in [5, 5.41) is 2.69. The first-order valence-corrected chi connectivity index (χ1v) is 6.75. The Labute approximate surface area is 110 Å². The standard InChI is InChI=1S/C14H13ClOS/c1-10-12(5-2-6-13(10)15)14(16)8-7-11-4-3-9-17-11/h2-6,9H,7-8H2,1H3. The van der Waals surface area contributed by atoms with Gasteiger partial charge in [-0.2, -0.15) is 0 Å². The van der Waals surface area contributed by atoms with Gasteiger partial charge in [0, 0.05) is 21.9 Å². The van der Waals surface area contributed by atoms with Crippen molar-refractivity contribution in [1.29, 1.82) is 0 Å². The number of carbonyl (C=O) groups excluding carboxylic acids is 1. The van der Waals surface area contributed by atoms with Gasteiger partial charge in [0.25, 0.3) is 0 Å². The van der Waals surface area contributed by atoms with Crippen molar-refractivity contribution in [2.75, 3.05) is 0 Å². The molecule has 0 atom stereocenters. The molecule has 3 heteroatoms. The lowest BCUT2D eigenvalue weighted by atomic mass is 10.0. The van der Waals surface area contributed by atoms with Gasteiger partial charge >= 0.3 is 0 Å². The summed E-state index contributed by atoms with van der Waals surface area (Å²) < 4.78 is 0. The van der Waals surface area contributed by atoms with Crippen LogP contribution in [0.15, 0.2) is 35.7 Å². The molecule has 0 bridgehead atoms. The number of hydrogen-bond acceptors (Lipinski definition) is 2. The molecule has 0 saturated heterocycles. The minimum atomic E-state index is 0.165. The molecule has 1 heterocycles. The first-order chi connectivity index (χ1) is 8.18. The number of ketones is 1. The summed E-state index contributed by atoms with van der Waals surface area (Å²) >= 11 is 7.70. The number of aryl methyl sites for hydroxylation is 1. The van der Waals surface area contributed by atoms with E-state index in [0.717, 1.165) is 17.5 Å². The average Bonchev–Trinajstić information content (AvgIpc) is 2.82. The number of rotatable bonds is 4. The van der Waals surface area contributed by atoms with Crippen LogP contribution >= 0.6 is 22.9 Å². The zero-order valence-corrected chi connectivity index (χ0v) is 11.1. The maximum Gasteiger partial charge on any atom is 0.163 e. The lowest BCUT2D eigenvalue weighted by Gasteiger charge is -2.05. The molecule has 0 fully saturated rings. The Morgan fingerprint density at radius 1 is 1.29 bits per heavy atom. The molecule has 0 saturated carbocycles. The van der Waals surface area contributed by atoms with Crippen LogP contribution in [0.25, 0.3) is 0 Å². The third-order valence-corrected chi connectivity index (χ3v) is 4.09. The van der Waals surface area contributed by atoms with E-state index in [2.05, 4.69) is 6.07 Å². The molecule has 1 aromatic carbocycles. The predicted octanol–water partition coefficient (Wildman–Crippen LogP) is 4.53. The van der Waals surface area contributed by atoms with Crippen LogP contribution in [0.1, 0.15) is 27.2 Å². The van der Waals surface area contributed by atoms with Crippen molar-refractivity contribution in [3.8, 4) is 0 Å². The Bertz CT molecular complexity index is 517. The summed E-state index contributed by atoms with van der Waals surface area (Å²) in [6, 6.07) is 9.55. The summed E-state index contributed by atoms with van der Waals surface area (Å²) in [5.74, 6) is 0.165. The zero-order valence-electron chi connectivity index (χ0n) is 9.57. The fraction of sp³-hybridized carbons (Fsp3) is 0.214. The quantitative estimate of drug-likeness (QED) is 0.742. The highest BCUT2D eigenvalue weighted by atomic mass is 35.5. The lowest BCUT2D eigenvalue weighted by molar-refractivity contribution is 0.0982. The Morgan fingerprint density at radius 3 is 2.82 bits per heavy atom. The number of Topliss-reactive ketones (excluding diaryl/α,β-unsaturated/α-hetero) is 1. The van der Waals surface area contributed by atoms with Gasteiger partial charge in [-0.1, -0.05) is 29.8 Å². The fourth-order valence-corrected chi connectivity index (χ4v) is 2.62. The van der Waals surface area contributed by atoms with E-state index >= 15 is 0 Å². The molecule has 2 aromatic rings. The molecule has 17 heavy (non-hydrogen) atoms. The van der Waals surface area contributed by atoms with Gasteiger partial charge in [-0.15, -0.1) is 11.3 Å². The third kappa shape index (κ3) is 2.96. The fourth-order valence-electron chi connectivity index (χ4n) is 1.74. The summed E-state index contributed by atoms with van der Waals surface area (Å²) in [6.45, 7) is 1.89. The summed E-state index contributed by atoms with van der Waals surface area (Å²) in [4.78, 5) is 13.3. The van der Waals surface area contributed by atoms with E-state index in [1.807, 2.05) is 36.6 Å². The second-order valence-electron chi connectivity index (χ2n) is 3.91. The Kier molecular flexibility index (Phi) is 3.97. The number of halogens is 1. The molecular formula is C14H13ClOS. The molecule has 0 aliphatic heterocycles. The molecule has 0 radical (unpaired) electrons. The minimum Gasteiger partial charge on any atom is -0.294 e. The number of hydrogen-bond donors (Lipinski definition) is 0. The van der Waals surface area contributed by atoms with Gasteiger partial charge in [-0.3, -0.25) is 4.79 Å². The largest absolute Gasteiger partial charge is 0.294 e. The van der Waals surface area contributed by atoms with Gasteiger partial charge < -0.3 is 0 Å².